The molecule has 0 aromatic carbocycles. The third-order valence-corrected chi connectivity index (χ3v) is 6.39. The summed E-state index contributed by atoms with van der Waals surface area (Å²) in [6, 6.07) is 4.94. The van der Waals surface area contributed by atoms with Gasteiger partial charge in [0, 0.05) is 28.8 Å². The molecule has 0 bridgehead atoms. The van der Waals surface area contributed by atoms with Gasteiger partial charge in [0.15, 0.2) is 0 Å². The molecule has 0 aliphatic carbocycles. The van der Waals surface area contributed by atoms with Crippen molar-refractivity contribution in [1.29, 1.82) is 0 Å². The van der Waals surface area contributed by atoms with E-state index in [1.807, 2.05) is 11.3 Å². The largest absolute Gasteiger partial charge is 0.329 e. The van der Waals surface area contributed by atoms with Gasteiger partial charge in [0.05, 0.1) is 0 Å². The van der Waals surface area contributed by atoms with Crippen LogP contribution in [0.25, 0.3) is 0 Å². The Balaban J connectivity index is 2.01. The molecule has 2 nitrogen and oxygen atoms in total. The number of hydrogen-bond acceptors (Lipinski definition) is 4. The topological polar surface area (TPSA) is 29.3 Å². The van der Waals surface area contributed by atoms with Gasteiger partial charge in [-0.3, -0.25) is 4.90 Å². The molecule has 1 saturated heterocycles. The summed E-state index contributed by atoms with van der Waals surface area (Å²) in [5.41, 5.74) is 6.32. The molecule has 0 radical (unpaired) electrons. The molecule has 2 heterocycles. The highest BCUT2D eigenvalue weighted by Crippen LogP contribution is 2.32. The van der Waals surface area contributed by atoms with Crippen LogP contribution in [-0.2, 0) is 6.42 Å². The first-order valence-electron chi connectivity index (χ1n) is 6.71. The molecule has 1 aromatic rings. The molecule has 0 saturated carbocycles. The first-order chi connectivity index (χ1) is 8.68. The third-order valence-electron chi connectivity index (χ3n) is 4.17. The molecule has 4 heteroatoms. The normalized spacial score (nSPS) is 26.4. The van der Waals surface area contributed by atoms with Crippen molar-refractivity contribution in [2.24, 2.45) is 5.73 Å². The highest BCUT2D eigenvalue weighted by Gasteiger charge is 2.37. The highest BCUT2D eigenvalue weighted by molar-refractivity contribution is 7.99. The van der Waals surface area contributed by atoms with E-state index in [4.69, 9.17) is 5.73 Å². The van der Waals surface area contributed by atoms with Crippen LogP contribution in [0.4, 0.5) is 0 Å². The second kappa shape index (κ2) is 6.42. The molecule has 1 aromatic heterocycles. The van der Waals surface area contributed by atoms with Crippen molar-refractivity contribution in [3.8, 4) is 0 Å². The Hall–Kier alpha value is -0.0300. The van der Waals surface area contributed by atoms with E-state index in [1.165, 1.54) is 29.2 Å². The summed E-state index contributed by atoms with van der Waals surface area (Å²) in [4.78, 5) is 4.02. The van der Waals surface area contributed by atoms with E-state index < -0.39 is 0 Å². The standard InChI is InChI=1S/C14H24N2S2/c1-12(9-13-5-3-8-18-13)16(2)14(10-15)6-4-7-17-11-14/h3,5,8,12H,4,6-7,9-11,15H2,1-2H3. The van der Waals surface area contributed by atoms with Gasteiger partial charge in [-0.05, 0) is 50.4 Å². The van der Waals surface area contributed by atoms with Gasteiger partial charge in [-0.15, -0.1) is 11.3 Å². The predicted molar refractivity (Wildman–Crippen MR) is 83.6 cm³/mol. The predicted octanol–water partition coefficient (Wildman–Crippen LogP) is 2.84. The molecule has 2 atom stereocenters. The van der Waals surface area contributed by atoms with E-state index >= 15 is 0 Å². The summed E-state index contributed by atoms with van der Waals surface area (Å²) in [5, 5.41) is 2.16. The summed E-state index contributed by atoms with van der Waals surface area (Å²) in [6.45, 7) is 3.11. The highest BCUT2D eigenvalue weighted by atomic mass is 32.2. The molecule has 2 N–H and O–H groups in total. The van der Waals surface area contributed by atoms with Crippen molar-refractivity contribution in [1.82, 2.24) is 4.90 Å². The number of likely N-dealkylation sites (N-methyl/N-ethyl adjacent to an activating group) is 1. The Morgan fingerprint density at radius 3 is 2.94 bits per heavy atom. The number of nitrogens with two attached hydrogens (primary N) is 1. The molecule has 0 spiro atoms. The second-order valence-corrected chi connectivity index (χ2v) is 7.47. The average molecular weight is 284 g/mol. The van der Waals surface area contributed by atoms with E-state index in [9.17, 15) is 0 Å². The van der Waals surface area contributed by atoms with Gasteiger partial charge in [-0.25, -0.2) is 0 Å². The number of thioether (sulfide) groups is 1. The second-order valence-electron chi connectivity index (χ2n) is 5.33. The Morgan fingerprint density at radius 1 is 1.56 bits per heavy atom. The molecule has 1 aliphatic heterocycles. The van der Waals surface area contributed by atoms with Crippen molar-refractivity contribution in [2.75, 3.05) is 25.1 Å². The minimum absolute atomic E-state index is 0.222. The molecule has 1 fully saturated rings. The van der Waals surface area contributed by atoms with Crippen LogP contribution in [-0.4, -0.2) is 41.6 Å². The summed E-state index contributed by atoms with van der Waals surface area (Å²) in [7, 11) is 2.26. The lowest BCUT2D eigenvalue weighted by atomic mass is 9.91. The molecule has 2 rings (SSSR count). The maximum Gasteiger partial charge on any atom is 0.0422 e. The van der Waals surface area contributed by atoms with Gasteiger partial charge in [0.1, 0.15) is 0 Å². The molecule has 18 heavy (non-hydrogen) atoms. The number of rotatable bonds is 5. The van der Waals surface area contributed by atoms with Crippen molar-refractivity contribution in [2.45, 2.75) is 37.8 Å². The van der Waals surface area contributed by atoms with Crippen molar-refractivity contribution in [3.05, 3.63) is 22.4 Å². The Labute approximate surface area is 119 Å². The van der Waals surface area contributed by atoms with E-state index in [1.54, 1.807) is 0 Å². The monoisotopic (exact) mass is 284 g/mol. The fourth-order valence-electron chi connectivity index (χ4n) is 2.75. The lowest BCUT2D eigenvalue weighted by molar-refractivity contribution is 0.0933. The van der Waals surface area contributed by atoms with Gasteiger partial charge in [0.2, 0.25) is 0 Å². The van der Waals surface area contributed by atoms with Crippen molar-refractivity contribution in [3.63, 3.8) is 0 Å². The summed E-state index contributed by atoms with van der Waals surface area (Å²) in [5.74, 6) is 2.49. The molecule has 2 unspecified atom stereocenters. The van der Waals surface area contributed by atoms with Crippen LogP contribution in [0.1, 0.15) is 24.6 Å². The van der Waals surface area contributed by atoms with Crippen LogP contribution < -0.4 is 5.73 Å². The molecule has 1 aliphatic rings. The SMILES string of the molecule is CC(Cc1cccs1)N(C)C1(CN)CCCSC1. The molecular weight excluding hydrogens is 260 g/mol. The number of nitrogens with zero attached hydrogens (tertiary/aromatic N) is 1. The van der Waals surface area contributed by atoms with Crippen LogP contribution in [0, 0.1) is 0 Å². The minimum atomic E-state index is 0.222. The Morgan fingerprint density at radius 2 is 2.39 bits per heavy atom. The smallest absolute Gasteiger partial charge is 0.0422 e. The van der Waals surface area contributed by atoms with Gasteiger partial charge in [0.25, 0.3) is 0 Å². The summed E-state index contributed by atoms with van der Waals surface area (Å²) in [6.07, 6.45) is 3.69. The van der Waals surface area contributed by atoms with Crippen LogP contribution >= 0.6 is 23.1 Å². The Kier molecular flexibility index (Phi) is 5.13. The first-order valence-corrected chi connectivity index (χ1v) is 8.74. The van der Waals surface area contributed by atoms with Gasteiger partial charge < -0.3 is 5.73 Å². The van der Waals surface area contributed by atoms with E-state index in [-0.39, 0.29) is 5.54 Å². The van der Waals surface area contributed by atoms with Crippen LogP contribution in [0.5, 0.6) is 0 Å². The van der Waals surface area contributed by atoms with Crippen molar-refractivity contribution >= 4 is 23.1 Å². The number of thiophene rings is 1. The van der Waals surface area contributed by atoms with E-state index in [2.05, 4.69) is 48.1 Å². The van der Waals surface area contributed by atoms with Crippen LogP contribution in [0.3, 0.4) is 0 Å². The van der Waals surface area contributed by atoms with Crippen LogP contribution in [0.2, 0.25) is 0 Å². The lowest BCUT2D eigenvalue weighted by Crippen LogP contribution is -2.58. The van der Waals surface area contributed by atoms with Gasteiger partial charge in [-0.2, -0.15) is 11.8 Å². The Bertz CT molecular complexity index is 345. The average Bonchev–Trinajstić information content (AvgIpc) is 2.91. The zero-order valence-corrected chi connectivity index (χ0v) is 13.0. The maximum atomic E-state index is 6.10. The van der Waals surface area contributed by atoms with Gasteiger partial charge >= 0.3 is 0 Å². The van der Waals surface area contributed by atoms with E-state index in [0.29, 0.717) is 6.04 Å². The van der Waals surface area contributed by atoms with Crippen molar-refractivity contribution < 1.29 is 0 Å². The fourth-order valence-corrected chi connectivity index (χ4v) is 4.91. The quantitative estimate of drug-likeness (QED) is 0.901. The zero-order valence-electron chi connectivity index (χ0n) is 11.4. The fraction of sp³-hybridized carbons (Fsp3) is 0.714. The zero-order chi connectivity index (χ0) is 13.0. The number of hydrogen-bond donors (Lipinski definition) is 1. The molecular formula is C14H24N2S2. The summed E-state index contributed by atoms with van der Waals surface area (Å²) >= 11 is 3.92. The third kappa shape index (κ3) is 3.10. The minimum Gasteiger partial charge on any atom is -0.329 e. The first kappa shape index (κ1) is 14.4. The van der Waals surface area contributed by atoms with Crippen LogP contribution in [0.15, 0.2) is 17.5 Å². The molecule has 0 amide bonds. The molecule has 102 valence electrons. The van der Waals surface area contributed by atoms with E-state index in [0.717, 1.165) is 13.0 Å². The maximum absolute atomic E-state index is 6.10. The lowest BCUT2D eigenvalue weighted by Gasteiger charge is -2.46. The van der Waals surface area contributed by atoms with Gasteiger partial charge in [-0.1, -0.05) is 6.07 Å². The summed E-state index contributed by atoms with van der Waals surface area (Å²) < 4.78 is 0.